The highest BCUT2D eigenvalue weighted by molar-refractivity contribution is 6.19. The van der Waals surface area contributed by atoms with Gasteiger partial charge in [0.25, 0.3) is 0 Å². The van der Waals surface area contributed by atoms with Crippen LogP contribution in [-0.4, -0.2) is 23.9 Å². The van der Waals surface area contributed by atoms with Crippen molar-refractivity contribution >= 4 is 28.4 Å². The first-order valence-electron chi connectivity index (χ1n) is 9.75. The van der Waals surface area contributed by atoms with Crippen LogP contribution in [0.4, 0.5) is 5.69 Å². The highest BCUT2D eigenvalue weighted by Crippen LogP contribution is 2.22. The van der Waals surface area contributed by atoms with Crippen LogP contribution in [0.15, 0.2) is 60.3 Å². The van der Waals surface area contributed by atoms with Crippen LogP contribution in [0.3, 0.4) is 0 Å². The first-order chi connectivity index (χ1) is 13.7. The summed E-state index contributed by atoms with van der Waals surface area (Å²) in [4.78, 5) is 18.3. The summed E-state index contributed by atoms with van der Waals surface area (Å²) >= 11 is 0. The topological polar surface area (TPSA) is 59.9 Å². The van der Waals surface area contributed by atoms with Gasteiger partial charge in [0.05, 0.1) is 0 Å². The first-order valence-corrected chi connectivity index (χ1v) is 9.75. The van der Waals surface area contributed by atoms with Gasteiger partial charge in [0.2, 0.25) is 5.78 Å². The van der Waals surface area contributed by atoms with Crippen molar-refractivity contribution < 1.29 is 4.79 Å². The van der Waals surface area contributed by atoms with Gasteiger partial charge in [0.15, 0.2) is 0 Å². The quantitative estimate of drug-likeness (QED) is 0.319. The molecule has 4 nitrogen and oxygen atoms in total. The lowest BCUT2D eigenvalue weighted by Gasteiger charge is -2.23. The van der Waals surface area contributed by atoms with Gasteiger partial charge in [-0.05, 0) is 42.7 Å². The van der Waals surface area contributed by atoms with E-state index in [1.54, 1.807) is 12.3 Å². The molecule has 0 amide bonds. The Kier molecular flexibility index (Phi) is 6.29. The zero-order valence-electron chi connectivity index (χ0n) is 16.4. The number of rotatable bonds is 8. The lowest BCUT2D eigenvalue weighted by molar-refractivity contribution is 0.104. The number of H-pyrrole nitrogens is 1. The number of carbonyl (C=O) groups is 1. The van der Waals surface area contributed by atoms with Gasteiger partial charge in [-0.3, -0.25) is 4.79 Å². The van der Waals surface area contributed by atoms with Crippen LogP contribution in [0.25, 0.3) is 17.0 Å². The molecule has 0 aliphatic carbocycles. The standard InChI is InChI=1S/C24H25N3O/c1-3-13-27(14-4-2)20-11-9-18(10-12-20)15-19(16-25)24(28)22-17-26-23-8-6-5-7-21(22)23/h5-12,15,17,26H,3-4,13-14H2,1-2H3/b19-15+. The molecule has 0 aliphatic heterocycles. The number of fused-ring (bicyclic) bond motifs is 1. The number of nitrogens with zero attached hydrogens (tertiary/aromatic N) is 2. The minimum atomic E-state index is -0.261. The minimum absolute atomic E-state index is 0.136. The number of Topliss-reactive ketones (excluding diaryl/α,β-unsaturated/α-hetero) is 1. The number of allylic oxidation sites excluding steroid dienone is 1. The number of anilines is 1. The van der Waals surface area contributed by atoms with Gasteiger partial charge in [-0.1, -0.05) is 44.2 Å². The summed E-state index contributed by atoms with van der Waals surface area (Å²) < 4.78 is 0. The molecule has 0 fully saturated rings. The molecule has 0 atom stereocenters. The summed E-state index contributed by atoms with van der Waals surface area (Å²) in [5.74, 6) is -0.261. The van der Waals surface area contributed by atoms with Crippen LogP contribution in [0.2, 0.25) is 0 Å². The average Bonchev–Trinajstić information content (AvgIpc) is 3.16. The van der Waals surface area contributed by atoms with Crippen LogP contribution >= 0.6 is 0 Å². The van der Waals surface area contributed by atoms with E-state index in [4.69, 9.17) is 0 Å². The molecule has 0 saturated carbocycles. The van der Waals surface area contributed by atoms with E-state index in [2.05, 4.69) is 41.9 Å². The number of nitriles is 1. The largest absolute Gasteiger partial charge is 0.372 e. The van der Waals surface area contributed by atoms with Crippen LogP contribution < -0.4 is 4.90 Å². The normalized spacial score (nSPS) is 11.4. The molecule has 28 heavy (non-hydrogen) atoms. The second-order valence-electron chi connectivity index (χ2n) is 6.83. The zero-order valence-corrected chi connectivity index (χ0v) is 16.4. The van der Waals surface area contributed by atoms with E-state index in [0.717, 1.165) is 42.4 Å². The van der Waals surface area contributed by atoms with Crippen LogP contribution in [0.1, 0.15) is 42.6 Å². The molecule has 0 radical (unpaired) electrons. The van der Waals surface area contributed by atoms with Crippen molar-refractivity contribution in [1.29, 1.82) is 5.26 Å². The maximum atomic E-state index is 12.9. The van der Waals surface area contributed by atoms with Gasteiger partial charge < -0.3 is 9.88 Å². The summed E-state index contributed by atoms with van der Waals surface area (Å²) in [6, 6.07) is 17.7. The van der Waals surface area contributed by atoms with E-state index in [1.807, 2.05) is 36.4 Å². The van der Waals surface area contributed by atoms with Crippen LogP contribution in [0, 0.1) is 11.3 Å². The number of aromatic nitrogens is 1. The smallest absolute Gasteiger partial charge is 0.205 e. The fourth-order valence-corrected chi connectivity index (χ4v) is 3.41. The number of benzene rings is 2. The summed E-state index contributed by atoms with van der Waals surface area (Å²) in [6.07, 6.45) is 5.53. The van der Waals surface area contributed by atoms with Gasteiger partial charge in [0.1, 0.15) is 11.6 Å². The van der Waals surface area contributed by atoms with Crippen LogP contribution in [0.5, 0.6) is 0 Å². The maximum Gasteiger partial charge on any atom is 0.205 e. The Hall–Kier alpha value is -3.32. The van der Waals surface area contributed by atoms with Crippen molar-refractivity contribution in [2.24, 2.45) is 0 Å². The van der Waals surface area contributed by atoms with Crippen molar-refractivity contribution in [1.82, 2.24) is 4.98 Å². The second-order valence-corrected chi connectivity index (χ2v) is 6.83. The molecule has 4 heteroatoms. The van der Waals surface area contributed by atoms with Crippen molar-refractivity contribution in [3.8, 4) is 6.07 Å². The molecule has 3 rings (SSSR count). The van der Waals surface area contributed by atoms with E-state index < -0.39 is 0 Å². The number of ketones is 1. The lowest BCUT2D eigenvalue weighted by atomic mass is 10.0. The fraction of sp³-hybridized carbons (Fsp3) is 0.250. The molecule has 1 heterocycles. The van der Waals surface area contributed by atoms with E-state index in [1.165, 1.54) is 5.69 Å². The predicted octanol–water partition coefficient (Wildman–Crippen LogP) is 5.58. The molecular weight excluding hydrogens is 346 g/mol. The predicted molar refractivity (Wildman–Crippen MR) is 115 cm³/mol. The van der Waals surface area contributed by atoms with Gasteiger partial charge >= 0.3 is 0 Å². The van der Waals surface area contributed by atoms with E-state index >= 15 is 0 Å². The van der Waals surface area contributed by atoms with Crippen molar-refractivity contribution in [3.05, 3.63) is 71.4 Å². The highest BCUT2D eigenvalue weighted by Gasteiger charge is 2.16. The van der Waals surface area contributed by atoms with E-state index in [0.29, 0.717) is 5.56 Å². The molecule has 1 aromatic heterocycles. The number of hydrogen-bond donors (Lipinski definition) is 1. The number of aromatic amines is 1. The number of carbonyl (C=O) groups excluding carboxylic acids is 1. The summed E-state index contributed by atoms with van der Waals surface area (Å²) in [5.41, 5.74) is 3.57. The average molecular weight is 371 g/mol. The van der Waals surface area contributed by atoms with Gasteiger partial charge in [-0.25, -0.2) is 0 Å². The summed E-state index contributed by atoms with van der Waals surface area (Å²) in [7, 11) is 0. The molecule has 2 aromatic carbocycles. The molecule has 0 spiro atoms. The maximum absolute atomic E-state index is 12.9. The molecule has 0 saturated heterocycles. The minimum Gasteiger partial charge on any atom is -0.372 e. The monoisotopic (exact) mass is 371 g/mol. The zero-order chi connectivity index (χ0) is 19.9. The first kappa shape index (κ1) is 19.4. The number of para-hydroxylation sites is 1. The third-order valence-corrected chi connectivity index (χ3v) is 4.76. The number of nitrogens with one attached hydrogen (secondary N) is 1. The van der Waals surface area contributed by atoms with Crippen molar-refractivity contribution in [2.75, 3.05) is 18.0 Å². The Morgan fingerprint density at radius 2 is 1.75 bits per heavy atom. The third kappa shape index (κ3) is 4.15. The molecule has 0 aliphatic rings. The SMILES string of the molecule is CCCN(CCC)c1ccc(/C=C(\C#N)C(=O)c2c[nH]c3ccccc23)cc1. The molecule has 0 bridgehead atoms. The lowest BCUT2D eigenvalue weighted by Crippen LogP contribution is -2.24. The Morgan fingerprint density at radius 1 is 1.07 bits per heavy atom. The summed E-state index contributed by atoms with van der Waals surface area (Å²) in [5, 5.41) is 10.4. The van der Waals surface area contributed by atoms with E-state index in [-0.39, 0.29) is 11.4 Å². The Bertz CT molecular complexity index is 1020. The molecule has 1 N–H and O–H groups in total. The van der Waals surface area contributed by atoms with Gasteiger partial charge in [-0.2, -0.15) is 5.26 Å². The molecule has 0 unspecified atom stereocenters. The number of hydrogen-bond acceptors (Lipinski definition) is 3. The third-order valence-electron chi connectivity index (χ3n) is 4.76. The van der Waals surface area contributed by atoms with E-state index in [9.17, 15) is 10.1 Å². The van der Waals surface area contributed by atoms with Crippen molar-refractivity contribution in [2.45, 2.75) is 26.7 Å². The van der Waals surface area contributed by atoms with Crippen LogP contribution in [-0.2, 0) is 0 Å². The van der Waals surface area contributed by atoms with Crippen molar-refractivity contribution in [3.63, 3.8) is 0 Å². The summed E-state index contributed by atoms with van der Waals surface area (Å²) in [6.45, 7) is 6.39. The molecule has 3 aromatic rings. The van der Waals surface area contributed by atoms with Gasteiger partial charge in [-0.15, -0.1) is 0 Å². The second kappa shape index (κ2) is 9.05. The Labute approximate surface area is 166 Å². The Morgan fingerprint density at radius 3 is 2.39 bits per heavy atom. The Balaban J connectivity index is 1.86. The fourth-order valence-electron chi connectivity index (χ4n) is 3.41. The highest BCUT2D eigenvalue weighted by atomic mass is 16.1. The molecule has 142 valence electrons. The van der Waals surface area contributed by atoms with Gasteiger partial charge in [0, 0.05) is 41.4 Å². The molecular formula is C24H25N3O.